The Bertz CT molecular complexity index is 749. The van der Waals surface area contributed by atoms with Gasteiger partial charge in [0, 0.05) is 10.2 Å². The Labute approximate surface area is 124 Å². The second-order valence-corrected chi connectivity index (χ2v) is 6.52. The quantitative estimate of drug-likeness (QED) is 0.677. The van der Waals surface area contributed by atoms with Gasteiger partial charge in [0.05, 0.1) is 10.2 Å². The normalized spacial score (nSPS) is 10.9. The Morgan fingerprint density at radius 1 is 1.11 bits per heavy atom. The largest absolute Gasteiger partial charge is 0.331 e. The summed E-state index contributed by atoms with van der Waals surface area (Å²) in [7, 11) is 0. The molecule has 0 saturated carbocycles. The van der Waals surface area contributed by atoms with Gasteiger partial charge in [-0.1, -0.05) is 33.3 Å². The predicted molar refractivity (Wildman–Crippen MR) is 86.5 cm³/mol. The maximum atomic E-state index is 4.61. The lowest BCUT2D eigenvalue weighted by molar-refractivity contribution is 1.38. The molecule has 0 spiro atoms. The maximum absolute atomic E-state index is 4.61. The molecule has 0 fully saturated rings. The molecule has 0 aliphatic rings. The van der Waals surface area contributed by atoms with Gasteiger partial charge in [-0.2, -0.15) is 0 Å². The SMILES string of the molecule is Cc1ccc2nc(Nc3ccc(Br)cc3C)sc2c1. The second kappa shape index (κ2) is 4.94. The number of aryl methyl sites for hydroxylation is 2. The summed E-state index contributed by atoms with van der Waals surface area (Å²) >= 11 is 5.16. The predicted octanol–water partition coefficient (Wildman–Crippen LogP) is 5.42. The van der Waals surface area contributed by atoms with Crippen molar-refractivity contribution in [3.8, 4) is 0 Å². The van der Waals surface area contributed by atoms with E-state index in [2.05, 4.69) is 70.4 Å². The van der Waals surface area contributed by atoms with Gasteiger partial charge in [0.25, 0.3) is 0 Å². The minimum absolute atomic E-state index is 0.936. The van der Waals surface area contributed by atoms with Gasteiger partial charge >= 0.3 is 0 Å². The van der Waals surface area contributed by atoms with Gasteiger partial charge in [0.2, 0.25) is 0 Å². The third-order valence-corrected chi connectivity index (χ3v) is 4.40. The first kappa shape index (κ1) is 12.6. The third kappa shape index (κ3) is 2.65. The number of halogens is 1. The molecule has 3 aromatic rings. The summed E-state index contributed by atoms with van der Waals surface area (Å²) in [6.07, 6.45) is 0. The fraction of sp³-hybridized carbons (Fsp3) is 0.133. The Morgan fingerprint density at radius 2 is 1.95 bits per heavy atom. The summed E-state index contributed by atoms with van der Waals surface area (Å²) in [5.74, 6) is 0. The number of anilines is 2. The first-order chi connectivity index (χ1) is 9.11. The van der Waals surface area contributed by atoms with Crippen LogP contribution in [0.3, 0.4) is 0 Å². The van der Waals surface area contributed by atoms with Crippen molar-refractivity contribution in [2.24, 2.45) is 0 Å². The number of benzene rings is 2. The van der Waals surface area contributed by atoms with E-state index in [0.717, 1.165) is 20.8 Å². The number of rotatable bonds is 2. The zero-order valence-corrected chi connectivity index (χ0v) is 13.1. The minimum Gasteiger partial charge on any atom is -0.331 e. The number of aromatic nitrogens is 1. The summed E-state index contributed by atoms with van der Waals surface area (Å²) in [6, 6.07) is 12.5. The van der Waals surface area contributed by atoms with Crippen LogP contribution in [-0.4, -0.2) is 4.98 Å². The highest BCUT2D eigenvalue weighted by Gasteiger charge is 2.06. The fourth-order valence-electron chi connectivity index (χ4n) is 1.97. The molecule has 0 aliphatic heterocycles. The van der Waals surface area contributed by atoms with E-state index in [1.54, 1.807) is 11.3 Å². The van der Waals surface area contributed by atoms with E-state index in [0.29, 0.717) is 0 Å². The highest BCUT2D eigenvalue weighted by molar-refractivity contribution is 9.10. The monoisotopic (exact) mass is 332 g/mol. The van der Waals surface area contributed by atoms with Crippen molar-refractivity contribution in [1.29, 1.82) is 0 Å². The molecular formula is C15H13BrN2S. The Balaban J connectivity index is 1.96. The molecule has 0 unspecified atom stereocenters. The van der Waals surface area contributed by atoms with E-state index in [-0.39, 0.29) is 0 Å². The molecule has 0 bridgehead atoms. The summed E-state index contributed by atoms with van der Waals surface area (Å²) in [6.45, 7) is 4.19. The lowest BCUT2D eigenvalue weighted by Crippen LogP contribution is -1.91. The van der Waals surface area contributed by atoms with Crippen LogP contribution in [0.15, 0.2) is 40.9 Å². The molecule has 2 aromatic carbocycles. The minimum atomic E-state index is 0.936. The highest BCUT2D eigenvalue weighted by Crippen LogP contribution is 2.30. The van der Waals surface area contributed by atoms with Crippen molar-refractivity contribution < 1.29 is 0 Å². The summed E-state index contributed by atoms with van der Waals surface area (Å²) in [4.78, 5) is 4.61. The van der Waals surface area contributed by atoms with Gasteiger partial charge in [0.15, 0.2) is 5.13 Å². The van der Waals surface area contributed by atoms with Crippen molar-refractivity contribution in [3.63, 3.8) is 0 Å². The summed E-state index contributed by atoms with van der Waals surface area (Å²) in [5.41, 5.74) is 4.61. The molecular weight excluding hydrogens is 320 g/mol. The topological polar surface area (TPSA) is 24.9 Å². The zero-order chi connectivity index (χ0) is 13.4. The van der Waals surface area contributed by atoms with Gasteiger partial charge < -0.3 is 5.32 Å². The van der Waals surface area contributed by atoms with E-state index >= 15 is 0 Å². The lowest BCUT2D eigenvalue weighted by atomic mass is 10.2. The van der Waals surface area contributed by atoms with Crippen LogP contribution in [0.1, 0.15) is 11.1 Å². The molecule has 4 heteroatoms. The van der Waals surface area contributed by atoms with E-state index < -0.39 is 0 Å². The van der Waals surface area contributed by atoms with Crippen molar-refractivity contribution in [3.05, 3.63) is 52.0 Å². The second-order valence-electron chi connectivity index (χ2n) is 4.57. The van der Waals surface area contributed by atoms with Gasteiger partial charge in [0.1, 0.15) is 0 Å². The first-order valence-corrected chi connectivity index (χ1v) is 7.63. The molecule has 1 N–H and O–H groups in total. The number of fused-ring (bicyclic) bond motifs is 1. The van der Waals surface area contributed by atoms with Crippen LogP contribution in [0.25, 0.3) is 10.2 Å². The van der Waals surface area contributed by atoms with Gasteiger partial charge in [-0.25, -0.2) is 4.98 Å². The van der Waals surface area contributed by atoms with Crippen molar-refractivity contribution in [1.82, 2.24) is 4.98 Å². The van der Waals surface area contributed by atoms with Crippen LogP contribution in [0.2, 0.25) is 0 Å². The first-order valence-electron chi connectivity index (χ1n) is 6.02. The summed E-state index contributed by atoms with van der Waals surface area (Å²) < 4.78 is 2.31. The van der Waals surface area contributed by atoms with Crippen LogP contribution in [0, 0.1) is 13.8 Å². The molecule has 3 rings (SSSR count). The van der Waals surface area contributed by atoms with Crippen LogP contribution in [0.5, 0.6) is 0 Å². The van der Waals surface area contributed by atoms with Gasteiger partial charge in [-0.3, -0.25) is 0 Å². The van der Waals surface area contributed by atoms with Crippen LogP contribution >= 0.6 is 27.3 Å². The molecule has 0 atom stereocenters. The molecule has 1 heterocycles. The molecule has 2 nitrogen and oxygen atoms in total. The van der Waals surface area contributed by atoms with Crippen molar-refractivity contribution in [2.45, 2.75) is 13.8 Å². The summed E-state index contributed by atoms with van der Waals surface area (Å²) in [5, 5.41) is 4.33. The average molecular weight is 333 g/mol. The standard InChI is InChI=1S/C15H13BrN2S/c1-9-3-5-13-14(7-9)19-15(18-13)17-12-6-4-11(16)8-10(12)2/h3-8H,1-2H3,(H,17,18). The number of hydrogen-bond donors (Lipinski definition) is 1. The third-order valence-electron chi connectivity index (χ3n) is 2.97. The van der Waals surface area contributed by atoms with Gasteiger partial charge in [-0.15, -0.1) is 0 Å². The molecule has 0 saturated heterocycles. The number of nitrogens with one attached hydrogen (secondary N) is 1. The van der Waals surface area contributed by atoms with Crippen LogP contribution < -0.4 is 5.32 Å². The molecule has 1 aromatic heterocycles. The lowest BCUT2D eigenvalue weighted by Gasteiger charge is -2.06. The molecule has 0 aliphatic carbocycles. The van der Waals surface area contributed by atoms with E-state index in [1.807, 2.05) is 6.07 Å². The fourth-order valence-corrected chi connectivity index (χ4v) is 3.42. The smallest absolute Gasteiger partial charge is 0.188 e. The van der Waals surface area contributed by atoms with E-state index in [9.17, 15) is 0 Å². The maximum Gasteiger partial charge on any atom is 0.188 e. The molecule has 19 heavy (non-hydrogen) atoms. The number of thiazole rings is 1. The Morgan fingerprint density at radius 3 is 2.74 bits per heavy atom. The van der Waals surface area contributed by atoms with E-state index in [4.69, 9.17) is 0 Å². The average Bonchev–Trinajstić information content (AvgIpc) is 2.74. The molecule has 0 amide bonds. The molecule has 96 valence electrons. The zero-order valence-electron chi connectivity index (χ0n) is 10.7. The van der Waals surface area contributed by atoms with Crippen LogP contribution in [-0.2, 0) is 0 Å². The van der Waals surface area contributed by atoms with E-state index in [1.165, 1.54) is 15.8 Å². The Kier molecular flexibility index (Phi) is 3.29. The molecule has 0 radical (unpaired) electrons. The van der Waals surface area contributed by atoms with Gasteiger partial charge in [-0.05, 0) is 55.3 Å². The number of hydrogen-bond acceptors (Lipinski definition) is 3. The van der Waals surface area contributed by atoms with Crippen molar-refractivity contribution >= 4 is 48.3 Å². The number of nitrogens with zero attached hydrogens (tertiary/aromatic N) is 1. The highest BCUT2D eigenvalue weighted by atomic mass is 79.9. The Hall–Kier alpha value is -1.39. The van der Waals surface area contributed by atoms with Crippen molar-refractivity contribution in [2.75, 3.05) is 5.32 Å². The van der Waals surface area contributed by atoms with Crippen LogP contribution in [0.4, 0.5) is 10.8 Å².